The van der Waals surface area contributed by atoms with Crippen LogP contribution in [-0.4, -0.2) is 12.0 Å². The van der Waals surface area contributed by atoms with Gasteiger partial charge in [0.1, 0.15) is 11.8 Å². The lowest BCUT2D eigenvalue weighted by atomic mass is 9.76. The quantitative estimate of drug-likeness (QED) is 0.745. The van der Waals surface area contributed by atoms with E-state index in [9.17, 15) is 4.79 Å². The van der Waals surface area contributed by atoms with Gasteiger partial charge in [-0.3, -0.25) is 0 Å². The van der Waals surface area contributed by atoms with Crippen LogP contribution in [0, 0.1) is 5.41 Å². The molecule has 0 bridgehead atoms. The highest BCUT2D eigenvalue weighted by Crippen LogP contribution is 2.40. The van der Waals surface area contributed by atoms with Crippen LogP contribution in [0.25, 0.3) is 0 Å². The Balaban J connectivity index is 2.48. The predicted octanol–water partition coefficient (Wildman–Crippen LogP) is 2.45. The van der Waals surface area contributed by atoms with Crippen LogP contribution in [0.1, 0.15) is 33.6 Å². The molecule has 0 aromatic rings. The Morgan fingerprint density at radius 2 is 2.06 bits per heavy atom. The topological polar surface area (TPSA) is 52.3 Å². The summed E-state index contributed by atoms with van der Waals surface area (Å²) >= 11 is 0. The van der Waals surface area contributed by atoms with Gasteiger partial charge in [0.25, 0.3) is 0 Å². The van der Waals surface area contributed by atoms with Crippen LogP contribution >= 0.6 is 0 Å². The van der Waals surface area contributed by atoms with E-state index in [-0.39, 0.29) is 11.4 Å². The second kappa shape index (κ2) is 4.15. The zero-order valence-electron chi connectivity index (χ0n) is 10.6. The zero-order chi connectivity index (χ0) is 12.6. The van der Waals surface area contributed by atoms with Gasteiger partial charge in [-0.1, -0.05) is 26.0 Å². The second-order valence-electron chi connectivity index (χ2n) is 4.78. The first-order valence-corrected chi connectivity index (χ1v) is 6.13. The van der Waals surface area contributed by atoms with Crippen molar-refractivity contribution in [3.63, 3.8) is 0 Å². The number of rotatable bonds is 2. The predicted molar refractivity (Wildman–Crippen MR) is 67.0 cm³/mol. The van der Waals surface area contributed by atoms with Crippen LogP contribution in [0.2, 0.25) is 0 Å². The standard InChI is InChI=1S/C14H19NO2/c1-4-14(5-2)7-6-10-9(3)12(15)13(16)17-11(10)8-14/h6-8,12H,4-5,15H2,1-3H3. The fourth-order valence-corrected chi connectivity index (χ4v) is 2.33. The van der Waals surface area contributed by atoms with Crippen molar-refractivity contribution in [1.82, 2.24) is 0 Å². The summed E-state index contributed by atoms with van der Waals surface area (Å²) < 4.78 is 5.32. The van der Waals surface area contributed by atoms with E-state index in [1.54, 1.807) is 0 Å². The summed E-state index contributed by atoms with van der Waals surface area (Å²) in [5.74, 6) is 0.328. The molecule has 92 valence electrons. The number of hydrogen-bond acceptors (Lipinski definition) is 3. The van der Waals surface area contributed by atoms with Gasteiger partial charge in [-0.25, -0.2) is 4.79 Å². The van der Waals surface area contributed by atoms with Crippen molar-refractivity contribution < 1.29 is 9.53 Å². The van der Waals surface area contributed by atoms with Crippen LogP contribution in [-0.2, 0) is 9.53 Å². The molecular weight excluding hydrogens is 214 g/mol. The third-order valence-electron chi connectivity index (χ3n) is 3.94. The highest BCUT2D eigenvalue weighted by molar-refractivity contribution is 5.84. The Hall–Kier alpha value is -1.35. The Labute approximate surface area is 102 Å². The maximum Gasteiger partial charge on any atom is 0.332 e. The zero-order valence-corrected chi connectivity index (χ0v) is 10.6. The molecule has 1 atom stereocenters. The highest BCUT2D eigenvalue weighted by Gasteiger charge is 2.33. The van der Waals surface area contributed by atoms with Crippen molar-refractivity contribution in [1.29, 1.82) is 0 Å². The Bertz CT molecular complexity index is 439. The molecule has 2 N–H and O–H groups in total. The molecule has 0 saturated heterocycles. The molecule has 1 aliphatic heterocycles. The Kier molecular flexibility index (Phi) is 2.96. The molecule has 0 aromatic carbocycles. The van der Waals surface area contributed by atoms with E-state index in [0.29, 0.717) is 5.76 Å². The lowest BCUT2D eigenvalue weighted by Crippen LogP contribution is -2.38. The summed E-state index contributed by atoms with van der Waals surface area (Å²) in [4.78, 5) is 11.6. The molecule has 0 aromatic heterocycles. The summed E-state index contributed by atoms with van der Waals surface area (Å²) in [6.45, 7) is 6.18. The van der Waals surface area contributed by atoms with Gasteiger partial charge in [0, 0.05) is 11.0 Å². The maximum absolute atomic E-state index is 11.6. The number of ether oxygens (including phenoxy) is 1. The van der Waals surface area contributed by atoms with Crippen LogP contribution in [0.15, 0.2) is 35.1 Å². The van der Waals surface area contributed by atoms with Crippen LogP contribution in [0.5, 0.6) is 0 Å². The van der Waals surface area contributed by atoms with Crippen LogP contribution < -0.4 is 5.73 Å². The Morgan fingerprint density at radius 1 is 1.41 bits per heavy atom. The lowest BCUT2D eigenvalue weighted by molar-refractivity contribution is -0.140. The van der Waals surface area contributed by atoms with E-state index in [4.69, 9.17) is 10.5 Å². The molecule has 1 aliphatic carbocycles. The number of hydrogen-bond donors (Lipinski definition) is 1. The lowest BCUT2D eigenvalue weighted by Gasteiger charge is -2.32. The van der Waals surface area contributed by atoms with Crippen molar-refractivity contribution in [3.8, 4) is 0 Å². The minimum absolute atomic E-state index is 0.0147. The van der Waals surface area contributed by atoms with E-state index in [1.807, 2.05) is 13.0 Å². The molecule has 0 fully saturated rings. The van der Waals surface area contributed by atoms with Gasteiger partial charge < -0.3 is 10.5 Å². The average Bonchev–Trinajstić information content (AvgIpc) is 2.35. The monoisotopic (exact) mass is 233 g/mol. The number of fused-ring (bicyclic) bond motifs is 1. The van der Waals surface area contributed by atoms with Crippen molar-refractivity contribution in [2.24, 2.45) is 11.1 Å². The second-order valence-corrected chi connectivity index (χ2v) is 4.78. The normalized spacial score (nSPS) is 26.5. The minimum Gasteiger partial charge on any atom is -0.425 e. The molecule has 17 heavy (non-hydrogen) atoms. The number of nitrogens with two attached hydrogens (primary N) is 1. The largest absolute Gasteiger partial charge is 0.425 e. The third kappa shape index (κ3) is 1.84. The van der Waals surface area contributed by atoms with E-state index in [2.05, 4.69) is 26.0 Å². The molecule has 0 radical (unpaired) electrons. The van der Waals surface area contributed by atoms with Crippen molar-refractivity contribution >= 4 is 5.97 Å². The van der Waals surface area contributed by atoms with Crippen molar-refractivity contribution in [2.45, 2.75) is 39.7 Å². The molecule has 1 heterocycles. The summed E-state index contributed by atoms with van der Waals surface area (Å²) in [5, 5.41) is 0. The van der Waals surface area contributed by atoms with Gasteiger partial charge in [0.2, 0.25) is 0 Å². The van der Waals surface area contributed by atoms with Crippen molar-refractivity contribution in [3.05, 3.63) is 35.1 Å². The van der Waals surface area contributed by atoms with Crippen LogP contribution in [0.3, 0.4) is 0 Å². The molecular formula is C14H19NO2. The summed E-state index contributed by atoms with van der Waals surface area (Å²) in [5.41, 5.74) is 7.64. The van der Waals surface area contributed by atoms with E-state index < -0.39 is 6.04 Å². The number of carbonyl (C=O) groups excluding carboxylic acids is 1. The fraction of sp³-hybridized carbons (Fsp3) is 0.500. The molecule has 0 amide bonds. The summed E-state index contributed by atoms with van der Waals surface area (Å²) in [6, 6.07) is -0.623. The fourth-order valence-electron chi connectivity index (χ4n) is 2.33. The first kappa shape index (κ1) is 12.1. The molecule has 2 rings (SSSR count). The highest BCUT2D eigenvalue weighted by atomic mass is 16.5. The van der Waals surface area contributed by atoms with E-state index in [1.165, 1.54) is 0 Å². The molecule has 0 spiro atoms. The molecule has 3 nitrogen and oxygen atoms in total. The van der Waals surface area contributed by atoms with Gasteiger partial charge >= 0.3 is 5.97 Å². The first-order valence-electron chi connectivity index (χ1n) is 6.13. The third-order valence-corrected chi connectivity index (χ3v) is 3.94. The smallest absolute Gasteiger partial charge is 0.332 e. The first-order chi connectivity index (χ1) is 8.03. The van der Waals surface area contributed by atoms with Gasteiger partial charge in [0.15, 0.2) is 0 Å². The van der Waals surface area contributed by atoms with Gasteiger partial charge in [-0.15, -0.1) is 0 Å². The molecule has 0 saturated carbocycles. The van der Waals surface area contributed by atoms with Gasteiger partial charge in [0.05, 0.1) is 0 Å². The Morgan fingerprint density at radius 3 is 2.65 bits per heavy atom. The molecule has 1 unspecified atom stereocenters. The van der Waals surface area contributed by atoms with Crippen LogP contribution in [0.4, 0.5) is 0 Å². The minimum atomic E-state index is -0.623. The summed E-state index contributed by atoms with van der Waals surface area (Å²) in [7, 11) is 0. The van der Waals surface area contributed by atoms with Gasteiger partial charge in [-0.2, -0.15) is 0 Å². The molecule has 3 heteroatoms. The van der Waals surface area contributed by atoms with Gasteiger partial charge in [-0.05, 0) is 31.4 Å². The summed E-state index contributed by atoms with van der Waals surface area (Å²) in [6.07, 6.45) is 8.31. The molecule has 2 aliphatic rings. The van der Waals surface area contributed by atoms with E-state index >= 15 is 0 Å². The number of carbonyl (C=O) groups is 1. The average molecular weight is 233 g/mol. The van der Waals surface area contributed by atoms with E-state index in [0.717, 1.165) is 24.0 Å². The number of allylic oxidation sites excluding steroid dienone is 3. The number of esters is 1. The SMILES string of the molecule is CCC1(CC)C=CC2=C(C)C(N)C(=O)OC2=C1. The van der Waals surface area contributed by atoms with Crippen molar-refractivity contribution in [2.75, 3.05) is 0 Å². The maximum atomic E-state index is 11.6.